The Balaban J connectivity index is 3.41. The minimum Gasteiger partial charge on any atom is -0.366 e. The molecule has 0 atom stereocenters. The van der Waals surface area contributed by atoms with Crippen LogP contribution in [0.15, 0.2) is 6.20 Å². The SMILES string of the molecule is NC(=O)c1c(I)cnc(C(F)F)c1Cl. The maximum absolute atomic E-state index is 12.3. The fourth-order valence-electron chi connectivity index (χ4n) is 0.858. The van der Waals surface area contributed by atoms with Gasteiger partial charge < -0.3 is 5.73 Å². The van der Waals surface area contributed by atoms with E-state index in [0.29, 0.717) is 3.57 Å². The molecule has 14 heavy (non-hydrogen) atoms. The van der Waals surface area contributed by atoms with Crippen LogP contribution in [0.5, 0.6) is 0 Å². The van der Waals surface area contributed by atoms with E-state index in [9.17, 15) is 13.6 Å². The molecule has 1 heterocycles. The van der Waals surface area contributed by atoms with Crippen LogP contribution in [-0.2, 0) is 0 Å². The summed E-state index contributed by atoms with van der Waals surface area (Å²) in [7, 11) is 0. The van der Waals surface area contributed by atoms with Gasteiger partial charge >= 0.3 is 0 Å². The molecule has 76 valence electrons. The lowest BCUT2D eigenvalue weighted by Crippen LogP contribution is -2.15. The Morgan fingerprint density at radius 1 is 1.64 bits per heavy atom. The number of primary amides is 1. The first-order chi connectivity index (χ1) is 6.45. The van der Waals surface area contributed by atoms with E-state index in [2.05, 4.69) is 4.98 Å². The van der Waals surface area contributed by atoms with Gasteiger partial charge in [0.1, 0.15) is 5.69 Å². The van der Waals surface area contributed by atoms with Crippen LogP contribution >= 0.6 is 34.2 Å². The lowest BCUT2D eigenvalue weighted by atomic mass is 10.2. The second-order valence-electron chi connectivity index (χ2n) is 2.35. The van der Waals surface area contributed by atoms with Crippen molar-refractivity contribution in [2.45, 2.75) is 6.43 Å². The zero-order valence-electron chi connectivity index (χ0n) is 6.60. The number of alkyl halides is 2. The summed E-state index contributed by atoms with van der Waals surface area (Å²) in [6, 6.07) is 0. The third-order valence-corrected chi connectivity index (χ3v) is 2.65. The van der Waals surface area contributed by atoms with Crippen LogP contribution in [0, 0.1) is 3.57 Å². The maximum atomic E-state index is 12.3. The summed E-state index contributed by atoms with van der Waals surface area (Å²) in [5.41, 5.74) is 4.25. The van der Waals surface area contributed by atoms with Crippen molar-refractivity contribution in [1.29, 1.82) is 0 Å². The van der Waals surface area contributed by atoms with Gasteiger partial charge in [-0.1, -0.05) is 11.6 Å². The molecule has 0 aliphatic rings. The summed E-state index contributed by atoms with van der Waals surface area (Å²) in [4.78, 5) is 14.3. The molecule has 2 N–H and O–H groups in total. The first-order valence-electron chi connectivity index (χ1n) is 3.37. The Hall–Kier alpha value is -0.500. The number of rotatable bonds is 2. The van der Waals surface area contributed by atoms with Crippen LogP contribution in [0.25, 0.3) is 0 Å². The van der Waals surface area contributed by atoms with E-state index in [-0.39, 0.29) is 10.6 Å². The molecule has 0 unspecified atom stereocenters. The Morgan fingerprint density at radius 3 is 2.64 bits per heavy atom. The van der Waals surface area contributed by atoms with Crippen molar-refractivity contribution in [3.05, 3.63) is 26.0 Å². The monoisotopic (exact) mass is 332 g/mol. The van der Waals surface area contributed by atoms with Crippen molar-refractivity contribution in [3.8, 4) is 0 Å². The third kappa shape index (κ3) is 2.11. The van der Waals surface area contributed by atoms with Gasteiger partial charge in [0.15, 0.2) is 0 Å². The molecule has 7 heteroatoms. The molecule has 0 radical (unpaired) electrons. The molecule has 1 aromatic heterocycles. The topological polar surface area (TPSA) is 56.0 Å². The zero-order chi connectivity index (χ0) is 10.9. The number of aromatic nitrogens is 1. The molecule has 1 amide bonds. The van der Waals surface area contributed by atoms with Gasteiger partial charge in [-0.2, -0.15) is 0 Å². The van der Waals surface area contributed by atoms with Gasteiger partial charge in [0.05, 0.1) is 10.6 Å². The van der Waals surface area contributed by atoms with Crippen molar-refractivity contribution < 1.29 is 13.6 Å². The quantitative estimate of drug-likeness (QED) is 0.846. The molecular weight excluding hydrogens is 328 g/mol. The molecule has 3 nitrogen and oxygen atoms in total. The van der Waals surface area contributed by atoms with Crippen LogP contribution < -0.4 is 5.73 Å². The van der Waals surface area contributed by atoms with Crippen LogP contribution in [0.4, 0.5) is 8.78 Å². The van der Waals surface area contributed by atoms with Gasteiger partial charge in [0, 0.05) is 9.77 Å². The number of nitrogens with zero attached hydrogens (tertiary/aromatic N) is 1. The normalized spacial score (nSPS) is 10.6. The van der Waals surface area contributed by atoms with E-state index in [0.717, 1.165) is 6.20 Å². The van der Waals surface area contributed by atoms with Gasteiger partial charge in [-0.15, -0.1) is 0 Å². The summed E-state index contributed by atoms with van der Waals surface area (Å²) in [6.45, 7) is 0. The molecule has 1 aromatic rings. The summed E-state index contributed by atoms with van der Waals surface area (Å²) >= 11 is 7.30. The summed E-state index contributed by atoms with van der Waals surface area (Å²) in [5.74, 6) is -0.844. The predicted octanol–water partition coefficient (Wildman–Crippen LogP) is 2.38. The number of nitrogens with two attached hydrogens (primary N) is 1. The fraction of sp³-hybridized carbons (Fsp3) is 0.143. The van der Waals surface area contributed by atoms with Crippen LogP contribution in [0.2, 0.25) is 5.02 Å². The number of pyridine rings is 1. The molecule has 0 aliphatic heterocycles. The highest BCUT2D eigenvalue weighted by atomic mass is 127. The third-order valence-electron chi connectivity index (χ3n) is 1.45. The van der Waals surface area contributed by atoms with Crippen LogP contribution in [0.1, 0.15) is 22.5 Å². The molecule has 0 spiro atoms. The molecular formula is C7H4ClF2IN2O. The second kappa shape index (κ2) is 4.35. The van der Waals surface area contributed by atoms with E-state index >= 15 is 0 Å². The Bertz CT molecular complexity index is 386. The van der Waals surface area contributed by atoms with Crippen LogP contribution in [-0.4, -0.2) is 10.9 Å². The van der Waals surface area contributed by atoms with E-state index in [4.69, 9.17) is 17.3 Å². The average molecular weight is 332 g/mol. The van der Waals surface area contributed by atoms with E-state index < -0.39 is 18.0 Å². The number of amides is 1. The number of carbonyl (C=O) groups excluding carboxylic acids is 1. The Kier molecular flexibility index (Phi) is 3.59. The lowest BCUT2D eigenvalue weighted by Gasteiger charge is -2.06. The van der Waals surface area contributed by atoms with Crippen molar-refractivity contribution in [3.63, 3.8) is 0 Å². The molecule has 0 saturated carbocycles. The van der Waals surface area contributed by atoms with Crippen LogP contribution in [0.3, 0.4) is 0 Å². The van der Waals surface area contributed by atoms with Gasteiger partial charge in [-0.05, 0) is 22.6 Å². The van der Waals surface area contributed by atoms with Crippen molar-refractivity contribution in [1.82, 2.24) is 4.98 Å². The largest absolute Gasteiger partial charge is 0.366 e. The highest BCUT2D eigenvalue weighted by Gasteiger charge is 2.21. The molecule has 0 saturated heterocycles. The molecule has 0 aromatic carbocycles. The molecule has 0 bridgehead atoms. The number of halogens is 4. The number of hydrogen-bond acceptors (Lipinski definition) is 2. The van der Waals surface area contributed by atoms with E-state index in [1.165, 1.54) is 0 Å². The first-order valence-corrected chi connectivity index (χ1v) is 4.82. The molecule has 0 fully saturated rings. The summed E-state index contributed by atoms with van der Waals surface area (Å²) < 4.78 is 25.0. The number of hydrogen-bond donors (Lipinski definition) is 1. The predicted molar refractivity (Wildman–Crippen MR) is 55.4 cm³/mol. The highest BCUT2D eigenvalue weighted by Crippen LogP contribution is 2.29. The fourth-order valence-corrected chi connectivity index (χ4v) is 2.02. The smallest absolute Gasteiger partial charge is 0.281 e. The minimum atomic E-state index is -2.82. The van der Waals surface area contributed by atoms with E-state index in [1.807, 2.05) is 0 Å². The van der Waals surface area contributed by atoms with Crippen molar-refractivity contribution >= 4 is 40.1 Å². The van der Waals surface area contributed by atoms with Crippen molar-refractivity contribution in [2.75, 3.05) is 0 Å². The van der Waals surface area contributed by atoms with Gasteiger partial charge in [-0.3, -0.25) is 9.78 Å². The number of carbonyl (C=O) groups is 1. The summed E-state index contributed by atoms with van der Waals surface area (Å²) in [5, 5.41) is -0.376. The van der Waals surface area contributed by atoms with E-state index in [1.54, 1.807) is 22.6 Å². The molecule has 1 rings (SSSR count). The standard InChI is InChI=1S/C7H4ClF2IN2O/c8-4-3(7(12)14)2(11)1-13-5(4)6(9)10/h1,6H,(H2,12,14). The summed E-state index contributed by atoms with van der Waals surface area (Å²) in [6.07, 6.45) is -1.69. The lowest BCUT2D eigenvalue weighted by molar-refractivity contribution is 0.0998. The first kappa shape index (κ1) is 11.6. The maximum Gasteiger partial charge on any atom is 0.281 e. The zero-order valence-corrected chi connectivity index (χ0v) is 9.51. The van der Waals surface area contributed by atoms with Gasteiger partial charge in [-0.25, -0.2) is 8.78 Å². The Morgan fingerprint density at radius 2 is 2.21 bits per heavy atom. The van der Waals surface area contributed by atoms with Crippen molar-refractivity contribution in [2.24, 2.45) is 5.73 Å². The molecule has 0 aliphatic carbocycles. The van der Waals surface area contributed by atoms with Gasteiger partial charge in [0.2, 0.25) is 0 Å². The Labute approximate surface area is 96.8 Å². The minimum absolute atomic E-state index is 0.113. The highest BCUT2D eigenvalue weighted by molar-refractivity contribution is 14.1. The second-order valence-corrected chi connectivity index (χ2v) is 3.89. The average Bonchev–Trinajstić information content (AvgIpc) is 2.02. The van der Waals surface area contributed by atoms with Gasteiger partial charge in [0.25, 0.3) is 12.3 Å².